The summed E-state index contributed by atoms with van der Waals surface area (Å²) in [7, 11) is 0. The Morgan fingerprint density at radius 1 is 1.24 bits per heavy atom. The fraction of sp³-hybridized carbons (Fsp3) is 0.533. The predicted molar refractivity (Wildman–Crippen MR) is 68.3 cm³/mol. The lowest BCUT2D eigenvalue weighted by atomic mass is 9.90. The Morgan fingerprint density at radius 3 is 2.35 bits per heavy atom. The molecule has 2 heteroatoms. The van der Waals surface area contributed by atoms with Crippen molar-refractivity contribution in [1.29, 1.82) is 0 Å². The first-order valence-corrected chi connectivity index (χ1v) is 6.43. The van der Waals surface area contributed by atoms with E-state index in [1.807, 2.05) is 38.1 Å². The van der Waals surface area contributed by atoms with Crippen molar-refractivity contribution in [1.82, 2.24) is 0 Å². The van der Waals surface area contributed by atoms with Crippen LogP contribution in [0.25, 0.3) is 0 Å². The second-order valence-electron chi connectivity index (χ2n) is 4.83. The van der Waals surface area contributed by atoms with Crippen LogP contribution in [0.4, 0.5) is 0 Å². The van der Waals surface area contributed by atoms with Gasteiger partial charge in [0.15, 0.2) is 5.78 Å². The summed E-state index contributed by atoms with van der Waals surface area (Å²) in [5.41, 5.74) is 1.42. The second kappa shape index (κ2) is 5.01. The van der Waals surface area contributed by atoms with E-state index in [1.54, 1.807) is 0 Å². The predicted octanol–water partition coefficient (Wildman–Crippen LogP) is 3.53. The van der Waals surface area contributed by atoms with E-state index in [0.29, 0.717) is 6.61 Å². The van der Waals surface area contributed by atoms with Gasteiger partial charge in [-0.25, -0.2) is 0 Å². The van der Waals surface area contributed by atoms with Gasteiger partial charge in [0.25, 0.3) is 0 Å². The van der Waals surface area contributed by atoms with E-state index in [1.165, 1.54) is 5.56 Å². The Kier molecular flexibility index (Phi) is 3.63. The number of carbonyl (C=O) groups is 1. The van der Waals surface area contributed by atoms with Gasteiger partial charge in [0.05, 0.1) is 0 Å². The number of ether oxygens (including phenoxy) is 1. The number of benzene rings is 1. The molecule has 0 radical (unpaired) electrons. The first kappa shape index (κ1) is 12.3. The molecule has 1 fully saturated rings. The van der Waals surface area contributed by atoms with Gasteiger partial charge in [0.2, 0.25) is 0 Å². The van der Waals surface area contributed by atoms with Crippen LogP contribution in [0.1, 0.15) is 48.5 Å². The summed E-state index contributed by atoms with van der Waals surface area (Å²) in [6, 6.07) is 7.80. The second-order valence-corrected chi connectivity index (χ2v) is 4.83. The highest BCUT2D eigenvalue weighted by Crippen LogP contribution is 2.36. The minimum absolute atomic E-state index is 0.164. The molecule has 2 rings (SSSR count). The van der Waals surface area contributed by atoms with Crippen molar-refractivity contribution in [3.63, 3.8) is 0 Å². The van der Waals surface area contributed by atoms with E-state index in [4.69, 9.17) is 4.74 Å². The maximum absolute atomic E-state index is 12.5. The van der Waals surface area contributed by atoms with Gasteiger partial charge in [-0.15, -0.1) is 0 Å². The third kappa shape index (κ3) is 2.42. The van der Waals surface area contributed by atoms with Crippen LogP contribution in [0.5, 0.6) is 0 Å². The smallest absolute Gasteiger partial charge is 0.194 e. The third-order valence-corrected chi connectivity index (χ3v) is 3.56. The summed E-state index contributed by atoms with van der Waals surface area (Å²) in [4.78, 5) is 12.5. The van der Waals surface area contributed by atoms with E-state index in [9.17, 15) is 4.79 Å². The topological polar surface area (TPSA) is 26.3 Å². The Bertz CT molecular complexity index is 386. The fourth-order valence-corrected chi connectivity index (χ4v) is 2.63. The number of Topliss-reactive ketones (excluding diaryl/α,β-unsaturated/α-hetero) is 1. The van der Waals surface area contributed by atoms with Crippen LogP contribution in [0.15, 0.2) is 24.3 Å². The van der Waals surface area contributed by atoms with Crippen molar-refractivity contribution < 1.29 is 9.53 Å². The average Bonchev–Trinajstić information content (AvgIpc) is 2.79. The highest BCUT2D eigenvalue weighted by atomic mass is 16.5. The SMILES string of the molecule is CCOC1(C(=O)c2ccc(C)cc2)CCCC1. The highest BCUT2D eigenvalue weighted by molar-refractivity contribution is 6.02. The molecule has 17 heavy (non-hydrogen) atoms. The Labute approximate surface area is 103 Å². The zero-order valence-corrected chi connectivity index (χ0v) is 10.7. The molecule has 0 saturated heterocycles. The zero-order chi connectivity index (χ0) is 12.3. The molecule has 0 aliphatic heterocycles. The Morgan fingerprint density at radius 2 is 1.82 bits per heavy atom. The quantitative estimate of drug-likeness (QED) is 0.742. The summed E-state index contributed by atoms with van der Waals surface area (Å²) in [6.45, 7) is 4.60. The zero-order valence-electron chi connectivity index (χ0n) is 10.7. The van der Waals surface area contributed by atoms with Gasteiger partial charge in [0.1, 0.15) is 5.60 Å². The van der Waals surface area contributed by atoms with Crippen LogP contribution in [-0.4, -0.2) is 18.0 Å². The normalized spacial score (nSPS) is 18.2. The molecule has 0 N–H and O–H groups in total. The minimum Gasteiger partial charge on any atom is -0.367 e. The van der Waals surface area contributed by atoms with Crippen molar-refractivity contribution in [2.24, 2.45) is 0 Å². The summed E-state index contributed by atoms with van der Waals surface area (Å²) in [5, 5.41) is 0. The van der Waals surface area contributed by atoms with E-state index in [0.717, 1.165) is 31.2 Å². The van der Waals surface area contributed by atoms with Gasteiger partial charge in [-0.1, -0.05) is 29.8 Å². The van der Waals surface area contributed by atoms with Gasteiger partial charge in [-0.2, -0.15) is 0 Å². The Balaban J connectivity index is 2.25. The van der Waals surface area contributed by atoms with Crippen molar-refractivity contribution in [2.75, 3.05) is 6.61 Å². The van der Waals surface area contributed by atoms with Crippen molar-refractivity contribution in [3.05, 3.63) is 35.4 Å². The Hall–Kier alpha value is -1.15. The largest absolute Gasteiger partial charge is 0.367 e. The fourth-order valence-electron chi connectivity index (χ4n) is 2.63. The lowest BCUT2D eigenvalue weighted by Gasteiger charge is -2.27. The first-order chi connectivity index (χ1) is 8.18. The molecular weight excluding hydrogens is 212 g/mol. The molecule has 1 aromatic carbocycles. The van der Waals surface area contributed by atoms with Gasteiger partial charge in [-0.3, -0.25) is 4.79 Å². The summed E-state index contributed by atoms with van der Waals surface area (Å²) in [5.74, 6) is 0.164. The number of ketones is 1. The van der Waals surface area contributed by atoms with Crippen LogP contribution in [0.3, 0.4) is 0 Å². The molecule has 0 spiro atoms. The molecule has 1 aliphatic rings. The monoisotopic (exact) mass is 232 g/mol. The molecule has 92 valence electrons. The molecule has 2 nitrogen and oxygen atoms in total. The van der Waals surface area contributed by atoms with Crippen molar-refractivity contribution in [3.8, 4) is 0 Å². The number of carbonyl (C=O) groups excluding carboxylic acids is 1. The van der Waals surface area contributed by atoms with Gasteiger partial charge in [-0.05, 0) is 39.5 Å². The molecule has 0 heterocycles. The summed E-state index contributed by atoms with van der Waals surface area (Å²) >= 11 is 0. The molecule has 0 amide bonds. The van der Waals surface area contributed by atoms with E-state index in [-0.39, 0.29) is 5.78 Å². The van der Waals surface area contributed by atoms with Crippen LogP contribution in [-0.2, 0) is 4.74 Å². The molecule has 0 bridgehead atoms. The van der Waals surface area contributed by atoms with Gasteiger partial charge < -0.3 is 4.74 Å². The van der Waals surface area contributed by atoms with Gasteiger partial charge in [0, 0.05) is 12.2 Å². The minimum atomic E-state index is -0.538. The molecule has 1 aromatic rings. The van der Waals surface area contributed by atoms with Gasteiger partial charge >= 0.3 is 0 Å². The molecular formula is C15H20O2. The molecule has 0 unspecified atom stereocenters. The summed E-state index contributed by atoms with van der Waals surface area (Å²) < 4.78 is 5.79. The van der Waals surface area contributed by atoms with Crippen molar-refractivity contribution in [2.45, 2.75) is 45.1 Å². The molecule has 0 atom stereocenters. The number of rotatable bonds is 4. The number of aryl methyl sites for hydroxylation is 1. The van der Waals surface area contributed by atoms with E-state index < -0.39 is 5.60 Å². The van der Waals surface area contributed by atoms with E-state index in [2.05, 4.69) is 0 Å². The molecule has 1 aliphatic carbocycles. The molecule has 0 aromatic heterocycles. The van der Waals surface area contributed by atoms with Crippen LogP contribution in [0.2, 0.25) is 0 Å². The summed E-state index contributed by atoms with van der Waals surface area (Å²) in [6.07, 6.45) is 3.93. The van der Waals surface area contributed by atoms with Crippen molar-refractivity contribution >= 4 is 5.78 Å². The third-order valence-electron chi connectivity index (χ3n) is 3.56. The lowest BCUT2D eigenvalue weighted by molar-refractivity contribution is -0.0163. The number of hydrogen-bond acceptors (Lipinski definition) is 2. The van der Waals surface area contributed by atoms with Crippen LogP contribution < -0.4 is 0 Å². The van der Waals surface area contributed by atoms with Crippen LogP contribution in [0, 0.1) is 6.92 Å². The highest BCUT2D eigenvalue weighted by Gasteiger charge is 2.42. The van der Waals surface area contributed by atoms with E-state index >= 15 is 0 Å². The first-order valence-electron chi connectivity index (χ1n) is 6.43. The standard InChI is InChI=1S/C15H20O2/c1-3-17-15(10-4-5-11-15)14(16)13-8-6-12(2)7-9-13/h6-9H,3-5,10-11H2,1-2H3. The maximum Gasteiger partial charge on any atom is 0.194 e. The van der Waals surface area contributed by atoms with Crippen LogP contribution >= 0.6 is 0 Å². The number of hydrogen-bond donors (Lipinski definition) is 0. The average molecular weight is 232 g/mol. The molecule has 1 saturated carbocycles. The lowest BCUT2D eigenvalue weighted by Crippen LogP contribution is -2.38. The maximum atomic E-state index is 12.5.